The van der Waals surface area contributed by atoms with Gasteiger partial charge in [-0.25, -0.2) is 4.98 Å². The summed E-state index contributed by atoms with van der Waals surface area (Å²) < 4.78 is 5.40. The Morgan fingerprint density at radius 3 is 2.35 bits per heavy atom. The summed E-state index contributed by atoms with van der Waals surface area (Å²) in [6.45, 7) is 8.13. The van der Waals surface area contributed by atoms with Crippen LogP contribution in [0.3, 0.4) is 0 Å². The summed E-state index contributed by atoms with van der Waals surface area (Å²) in [4.78, 5) is 16.4. The van der Waals surface area contributed by atoms with Gasteiger partial charge in [0.2, 0.25) is 11.8 Å². The summed E-state index contributed by atoms with van der Waals surface area (Å²) in [5, 5.41) is 2.99. The number of benzene rings is 2. The second-order valence-electron chi connectivity index (χ2n) is 6.97. The molecule has 3 aromatic rings. The van der Waals surface area contributed by atoms with Crippen LogP contribution >= 0.6 is 0 Å². The van der Waals surface area contributed by atoms with Crippen molar-refractivity contribution in [1.29, 1.82) is 0 Å². The molecule has 0 bridgehead atoms. The summed E-state index contributed by atoms with van der Waals surface area (Å²) >= 11 is 0. The molecule has 1 N–H and O–H groups in total. The molecule has 0 radical (unpaired) electrons. The molecule has 0 saturated carbocycles. The average molecular weight is 348 g/mol. The zero-order valence-corrected chi connectivity index (χ0v) is 15.6. The lowest BCUT2D eigenvalue weighted by molar-refractivity contribution is -0.120. The maximum atomic E-state index is 12.2. The van der Waals surface area contributed by atoms with Crippen molar-refractivity contribution in [1.82, 2.24) is 4.98 Å². The van der Waals surface area contributed by atoms with Crippen molar-refractivity contribution in [2.24, 2.45) is 11.8 Å². The first-order valence-electron chi connectivity index (χ1n) is 8.87. The normalized spacial score (nSPS) is 12.2. The molecule has 0 aliphatic heterocycles. The first kappa shape index (κ1) is 17.9. The summed E-state index contributed by atoms with van der Waals surface area (Å²) in [5.74, 6) is 0.955. The number of rotatable bonds is 5. The van der Waals surface area contributed by atoms with Gasteiger partial charge in [-0.05, 0) is 53.8 Å². The van der Waals surface area contributed by atoms with Gasteiger partial charge >= 0.3 is 0 Å². The van der Waals surface area contributed by atoms with E-state index in [0.29, 0.717) is 11.8 Å². The Morgan fingerprint density at radius 1 is 1.04 bits per heavy atom. The van der Waals surface area contributed by atoms with Crippen molar-refractivity contribution >= 4 is 11.6 Å². The number of anilines is 1. The fourth-order valence-electron chi connectivity index (χ4n) is 2.72. The second kappa shape index (κ2) is 7.56. The van der Waals surface area contributed by atoms with Gasteiger partial charge in [0.1, 0.15) is 6.26 Å². The Bertz CT molecular complexity index is 881. The standard InChI is InChI=1S/C22H24N2O2/c1-14(2)16(4)21(25)24-19-9-7-17(8-10-19)20-13-18(6-5-15(20)3)22-23-11-12-26-22/h5-14,16H,1-4H3,(H,24,25)/t16-/m0/s1. The Morgan fingerprint density at radius 2 is 1.73 bits per heavy atom. The number of carbonyl (C=O) groups is 1. The minimum Gasteiger partial charge on any atom is -0.445 e. The van der Waals surface area contributed by atoms with Crippen molar-refractivity contribution in [2.45, 2.75) is 27.7 Å². The molecular formula is C22H24N2O2. The maximum absolute atomic E-state index is 12.2. The SMILES string of the molecule is Cc1ccc(-c2ncco2)cc1-c1ccc(NC(=O)[C@@H](C)C(C)C)cc1. The van der Waals surface area contributed by atoms with E-state index in [1.807, 2.05) is 37.3 Å². The summed E-state index contributed by atoms with van der Waals surface area (Å²) in [6.07, 6.45) is 3.22. The van der Waals surface area contributed by atoms with Gasteiger partial charge in [-0.1, -0.05) is 39.0 Å². The van der Waals surface area contributed by atoms with Gasteiger partial charge in [-0.2, -0.15) is 0 Å². The van der Waals surface area contributed by atoms with Gasteiger partial charge in [0.25, 0.3) is 0 Å². The highest BCUT2D eigenvalue weighted by Gasteiger charge is 2.16. The quantitative estimate of drug-likeness (QED) is 0.658. The molecule has 4 heteroatoms. The molecule has 0 spiro atoms. The van der Waals surface area contributed by atoms with Gasteiger partial charge in [-0.15, -0.1) is 0 Å². The molecule has 1 atom stereocenters. The molecule has 3 rings (SSSR count). The minimum atomic E-state index is -0.0191. The number of hydrogen-bond acceptors (Lipinski definition) is 3. The third-order valence-corrected chi connectivity index (χ3v) is 4.79. The molecule has 0 fully saturated rings. The predicted octanol–water partition coefficient (Wildman–Crippen LogP) is 5.55. The lowest BCUT2D eigenvalue weighted by Crippen LogP contribution is -2.24. The Labute approximate surface area is 154 Å². The third-order valence-electron chi connectivity index (χ3n) is 4.79. The molecule has 0 aliphatic carbocycles. The molecule has 0 aliphatic rings. The largest absolute Gasteiger partial charge is 0.445 e. The molecule has 1 heterocycles. The highest BCUT2D eigenvalue weighted by molar-refractivity contribution is 5.92. The highest BCUT2D eigenvalue weighted by Crippen LogP contribution is 2.29. The molecule has 0 unspecified atom stereocenters. The fraction of sp³-hybridized carbons (Fsp3) is 0.273. The van der Waals surface area contributed by atoms with Crippen LogP contribution in [-0.4, -0.2) is 10.9 Å². The van der Waals surface area contributed by atoms with Crippen LogP contribution in [0.2, 0.25) is 0 Å². The lowest BCUT2D eigenvalue weighted by Gasteiger charge is -2.15. The van der Waals surface area contributed by atoms with E-state index in [-0.39, 0.29) is 11.8 Å². The number of nitrogens with zero attached hydrogens (tertiary/aromatic N) is 1. The van der Waals surface area contributed by atoms with Crippen LogP contribution in [0.25, 0.3) is 22.6 Å². The Hall–Kier alpha value is -2.88. The molecule has 1 amide bonds. The van der Waals surface area contributed by atoms with Crippen LogP contribution in [-0.2, 0) is 4.79 Å². The van der Waals surface area contributed by atoms with Crippen LogP contribution in [0.15, 0.2) is 59.3 Å². The lowest BCUT2D eigenvalue weighted by atomic mass is 9.96. The topological polar surface area (TPSA) is 55.1 Å². The fourth-order valence-corrected chi connectivity index (χ4v) is 2.72. The van der Waals surface area contributed by atoms with E-state index >= 15 is 0 Å². The number of carbonyl (C=O) groups excluding carboxylic acids is 1. The molecule has 26 heavy (non-hydrogen) atoms. The first-order valence-corrected chi connectivity index (χ1v) is 8.87. The summed E-state index contributed by atoms with van der Waals surface area (Å²) in [5.41, 5.74) is 5.14. The monoisotopic (exact) mass is 348 g/mol. The van der Waals surface area contributed by atoms with Crippen molar-refractivity contribution in [2.75, 3.05) is 5.32 Å². The van der Waals surface area contributed by atoms with E-state index in [0.717, 1.165) is 22.4 Å². The van der Waals surface area contributed by atoms with Crippen LogP contribution in [0.4, 0.5) is 5.69 Å². The van der Waals surface area contributed by atoms with Gasteiger partial charge in [0.05, 0.1) is 6.20 Å². The van der Waals surface area contributed by atoms with E-state index < -0.39 is 0 Å². The summed E-state index contributed by atoms with van der Waals surface area (Å²) in [6, 6.07) is 14.1. The average Bonchev–Trinajstić information content (AvgIpc) is 3.17. The van der Waals surface area contributed by atoms with Gasteiger partial charge < -0.3 is 9.73 Å². The Kier molecular flexibility index (Phi) is 5.21. The number of oxazole rings is 1. The zero-order chi connectivity index (χ0) is 18.7. The molecular weight excluding hydrogens is 324 g/mol. The van der Waals surface area contributed by atoms with E-state index in [4.69, 9.17) is 4.42 Å². The molecule has 2 aromatic carbocycles. The van der Waals surface area contributed by atoms with Crippen LogP contribution in [0, 0.1) is 18.8 Å². The number of amides is 1. The molecule has 1 aromatic heterocycles. The number of aromatic nitrogens is 1. The number of nitrogens with one attached hydrogen (secondary N) is 1. The van der Waals surface area contributed by atoms with E-state index in [2.05, 4.69) is 43.2 Å². The van der Waals surface area contributed by atoms with Crippen molar-refractivity contribution in [3.63, 3.8) is 0 Å². The zero-order valence-electron chi connectivity index (χ0n) is 15.6. The van der Waals surface area contributed by atoms with E-state index in [1.165, 1.54) is 5.56 Å². The third kappa shape index (κ3) is 3.85. The second-order valence-corrected chi connectivity index (χ2v) is 6.97. The first-order chi connectivity index (χ1) is 12.5. The Balaban J connectivity index is 1.83. The number of hydrogen-bond donors (Lipinski definition) is 1. The van der Waals surface area contributed by atoms with Crippen LogP contribution in [0.5, 0.6) is 0 Å². The number of aryl methyl sites for hydroxylation is 1. The van der Waals surface area contributed by atoms with Gasteiger partial charge in [-0.3, -0.25) is 4.79 Å². The molecule has 0 saturated heterocycles. The van der Waals surface area contributed by atoms with E-state index in [1.54, 1.807) is 12.5 Å². The maximum Gasteiger partial charge on any atom is 0.227 e. The predicted molar refractivity (Wildman–Crippen MR) is 105 cm³/mol. The van der Waals surface area contributed by atoms with E-state index in [9.17, 15) is 4.79 Å². The van der Waals surface area contributed by atoms with Crippen LogP contribution < -0.4 is 5.32 Å². The van der Waals surface area contributed by atoms with Gasteiger partial charge in [0, 0.05) is 17.2 Å². The van der Waals surface area contributed by atoms with Gasteiger partial charge in [0.15, 0.2) is 0 Å². The molecule has 134 valence electrons. The molecule has 4 nitrogen and oxygen atoms in total. The van der Waals surface area contributed by atoms with Crippen molar-refractivity contribution < 1.29 is 9.21 Å². The smallest absolute Gasteiger partial charge is 0.227 e. The van der Waals surface area contributed by atoms with Crippen molar-refractivity contribution in [3.8, 4) is 22.6 Å². The highest BCUT2D eigenvalue weighted by atomic mass is 16.3. The van der Waals surface area contributed by atoms with Crippen molar-refractivity contribution in [3.05, 3.63) is 60.5 Å². The summed E-state index contributed by atoms with van der Waals surface area (Å²) in [7, 11) is 0. The minimum absolute atomic E-state index is 0.0191. The van der Waals surface area contributed by atoms with Crippen LogP contribution in [0.1, 0.15) is 26.3 Å².